The summed E-state index contributed by atoms with van der Waals surface area (Å²) < 4.78 is 16.9. The fourth-order valence-corrected chi connectivity index (χ4v) is 9.53. The van der Waals surface area contributed by atoms with Crippen LogP contribution in [-0.2, 0) is 28.6 Å². The van der Waals surface area contributed by atoms with Crippen LogP contribution in [0.2, 0.25) is 0 Å². The number of carbonyl (C=O) groups is 3. The number of rotatable bonds is 60. The molecule has 0 bridgehead atoms. The highest BCUT2D eigenvalue weighted by Crippen LogP contribution is 2.17. The smallest absolute Gasteiger partial charge is 0.306 e. The third kappa shape index (κ3) is 61.8. The third-order valence-corrected chi connectivity index (χ3v) is 14.5. The zero-order valence-corrected chi connectivity index (χ0v) is 50.1. The molecule has 6 heteroatoms. The zero-order chi connectivity index (χ0) is 54.3. The first-order valence-corrected chi connectivity index (χ1v) is 32.8. The fraction of sp³-hybridized carbons (Fsp3) is 0.812. The molecule has 436 valence electrons. The van der Waals surface area contributed by atoms with Crippen molar-refractivity contribution in [2.24, 2.45) is 0 Å². The second-order valence-electron chi connectivity index (χ2n) is 22.0. The average Bonchev–Trinajstić information content (AvgIpc) is 3.41. The molecule has 0 amide bonds. The monoisotopic (exact) mass is 1050 g/mol. The average molecular weight is 1050 g/mol. The first-order valence-electron chi connectivity index (χ1n) is 32.8. The summed E-state index contributed by atoms with van der Waals surface area (Å²) in [5, 5.41) is 0. The van der Waals surface area contributed by atoms with E-state index in [2.05, 4.69) is 81.5 Å². The topological polar surface area (TPSA) is 78.9 Å². The predicted molar refractivity (Wildman–Crippen MR) is 325 cm³/mol. The summed E-state index contributed by atoms with van der Waals surface area (Å²) in [5.41, 5.74) is 0. The van der Waals surface area contributed by atoms with Crippen molar-refractivity contribution in [3.63, 3.8) is 0 Å². The van der Waals surface area contributed by atoms with Crippen LogP contribution in [0.15, 0.2) is 60.8 Å². The minimum absolute atomic E-state index is 0.0777. The van der Waals surface area contributed by atoms with Crippen molar-refractivity contribution in [1.82, 2.24) is 0 Å². The van der Waals surface area contributed by atoms with Crippen LogP contribution in [0.4, 0.5) is 0 Å². The van der Waals surface area contributed by atoms with E-state index >= 15 is 0 Å². The van der Waals surface area contributed by atoms with E-state index in [-0.39, 0.29) is 31.1 Å². The number of hydrogen-bond donors (Lipinski definition) is 0. The van der Waals surface area contributed by atoms with Gasteiger partial charge in [0.1, 0.15) is 13.2 Å². The Morgan fingerprint density at radius 3 is 0.787 bits per heavy atom. The molecule has 0 aliphatic rings. The standard InChI is InChI=1S/C69H124O6/c1-4-7-10-13-16-19-22-25-28-30-32-33-34-35-36-37-38-40-41-44-47-50-53-56-59-62-68(71)74-65-66(64-73-67(70)61-58-55-52-49-46-43-27-24-21-18-15-12-9-6-3)75-69(72)63-60-57-54-51-48-45-42-39-31-29-26-23-20-17-14-11-8-5-2/h15,18,22,24-25,27,30,32,34-35,66H,4-14,16-17,19-21,23,26,28-29,31,33,36-65H2,1-3H3/b18-15-,25-22-,27-24-,32-30-,35-34-. The summed E-state index contributed by atoms with van der Waals surface area (Å²) in [4.78, 5) is 38.3. The van der Waals surface area contributed by atoms with Gasteiger partial charge in [-0.2, -0.15) is 0 Å². The second kappa shape index (κ2) is 63.6. The van der Waals surface area contributed by atoms with Gasteiger partial charge in [0.25, 0.3) is 0 Å². The number of unbranched alkanes of at least 4 members (excludes halogenated alkanes) is 39. The third-order valence-electron chi connectivity index (χ3n) is 14.5. The van der Waals surface area contributed by atoms with Crippen molar-refractivity contribution in [3.05, 3.63) is 60.8 Å². The highest BCUT2D eigenvalue weighted by molar-refractivity contribution is 5.71. The van der Waals surface area contributed by atoms with E-state index in [1.54, 1.807) is 0 Å². The Morgan fingerprint density at radius 1 is 0.267 bits per heavy atom. The van der Waals surface area contributed by atoms with E-state index < -0.39 is 6.10 Å². The van der Waals surface area contributed by atoms with Gasteiger partial charge in [0, 0.05) is 19.3 Å². The molecule has 0 fully saturated rings. The van der Waals surface area contributed by atoms with E-state index in [0.29, 0.717) is 19.3 Å². The largest absolute Gasteiger partial charge is 0.462 e. The summed E-state index contributed by atoms with van der Waals surface area (Å²) in [6.45, 7) is 6.62. The SMILES string of the molecule is CCCC/C=C\C/C=C\CCCCCCCC(=O)OCC(COC(=O)CCCCCCCCCCCC/C=C\C/C=C\C/C=C\CCCCCCC)OC(=O)CCCCCCCCCCCCCCCCCCCC. The van der Waals surface area contributed by atoms with Crippen molar-refractivity contribution in [3.8, 4) is 0 Å². The van der Waals surface area contributed by atoms with Crippen LogP contribution in [0.3, 0.4) is 0 Å². The maximum absolute atomic E-state index is 12.9. The normalized spacial score (nSPS) is 12.4. The van der Waals surface area contributed by atoms with Gasteiger partial charge in [0.2, 0.25) is 0 Å². The van der Waals surface area contributed by atoms with Gasteiger partial charge in [-0.05, 0) is 83.5 Å². The Labute approximate surface area is 466 Å². The molecular formula is C69H124O6. The highest BCUT2D eigenvalue weighted by Gasteiger charge is 2.19. The van der Waals surface area contributed by atoms with E-state index in [1.165, 1.54) is 212 Å². The lowest BCUT2D eigenvalue weighted by Gasteiger charge is -2.18. The van der Waals surface area contributed by atoms with Gasteiger partial charge in [-0.3, -0.25) is 14.4 Å². The van der Waals surface area contributed by atoms with E-state index in [4.69, 9.17) is 14.2 Å². The van der Waals surface area contributed by atoms with Crippen LogP contribution >= 0.6 is 0 Å². The molecule has 75 heavy (non-hydrogen) atoms. The minimum atomic E-state index is -0.781. The minimum Gasteiger partial charge on any atom is -0.462 e. The molecule has 0 rings (SSSR count). The molecule has 0 aliphatic heterocycles. The Hall–Kier alpha value is -2.89. The van der Waals surface area contributed by atoms with Crippen molar-refractivity contribution in [2.75, 3.05) is 13.2 Å². The summed E-state index contributed by atoms with van der Waals surface area (Å²) in [6, 6.07) is 0. The lowest BCUT2D eigenvalue weighted by molar-refractivity contribution is -0.167. The lowest BCUT2D eigenvalue weighted by atomic mass is 10.0. The van der Waals surface area contributed by atoms with Gasteiger partial charge in [0.15, 0.2) is 6.10 Å². The van der Waals surface area contributed by atoms with E-state index in [9.17, 15) is 14.4 Å². The van der Waals surface area contributed by atoms with Gasteiger partial charge in [-0.25, -0.2) is 0 Å². The van der Waals surface area contributed by atoms with Crippen LogP contribution in [0, 0.1) is 0 Å². The van der Waals surface area contributed by atoms with Crippen LogP contribution in [0.25, 0.3) is 0 Å². The first kappa shape index (κ1) is 72.1. The molecule has 1 atom stereocenters. The highest BCUT2D eigenvalue weighted by atomic mass is 16.6. The first-order chi connectivity index (χ1) is 37.0. The second-order valence-corrected chi connectivity index (χ2v) is 22.0. The van der Waals surface area contributed by atoms with Gasteiger partial charge in [-0.1, -0.05) is 300 Å². The summed E-state index contributed by atoms with van der Waals surface area (Å²) in [5.74, 6) is -0.876. The van der Waals surface area contributed by atoms with E-state index in [0.717, 1.165) is 89.9 Å². The Bertz CT molecular complexity index is 1340. The van der Waals surface area contributed by atoms with Crippen LogP contribution in [-0.4, -0.2) is 37.2 Å². The lowest BCUT2D eigenvalue weighted by Crippen LogP contribution is -2.30. The van der Waals surface area contributed by atoms with Crippen LogP contribution < -0.4 is 0 Å². The van der Waals surface area contributed by atoms with Crippen molar-refractivity contribution in [2.45, 2.75) is 348 Å². The van der Waals surface area contributed by atoms with Gasteiger partial charge >= 0.3 is 17.9 Å². The van der Waals surface area contributed by atoms with Gasteiger partial charge in [-0.15, -0.1) is 0 Å². The fourth-order valence-electron chi connectivity index (χ4n) is 9.53. The number of ether oxygens (including phenoxy) is 3. The summed E-state index contributed by atoms with van der Waals surface area (Å²) >= 11 is 0. The molecular weight excluding hydrogens is 925 g/mol. The molecule has 0 aromatic heterocycles. The molecule has 0 saturated heterocycles. The van der Waals surface area contributed by atoms with Crippen molar-refractivity contribution in [1.29, 1.82) is 0 Å². The molecule has 0 spiro atoms. The van der Waals surface area contributed by atoms with E-state index in [1.807, 2.05) is 0 Å². The van der Waals surface area contributed by atoms with Crippen molar-refractivity contribution >= 4 is 17.9 Å². The molecule has 1 unspecified atom stereocenters. The Kier molecular flexibility index (Phi) is 61.2. The predicted octanol–water partition coefficient (Wildman–Crippen LogP) is 22.3. The molecule has 0 aliphatic carbocycles. The zero-order valence-electron chi connectivity index (χ0n) is 50.1. The maximum atomic E-state index is 12.9. The Morgan fingerprint density at radius 2 is 0.493 bits per heavy atom. The maximum Gasteiger partial charge on any atom is 0.306 e. The molecule has 0 saturated carbocycles. The molecule has 0 radical (unpaired) electrons. The number of carbonyl (C=O) groups excluding carboxylic acids is 3. The molecule has 0 heterocycles. The molecule has 0 N–H and O–H groups in total. The number of esters is 3. The van der Waals surface area contributed by atoms with Crippen LogP contribution in [0.5, 0.6) is 0 Å². The Balaban J connectivity index is 4.31. The van der Waals surface area contributed by atoms with Crippen molar-refractivity contribution < 1.29 is 28.6 Å². The van der Waals surface area contributed by atoms with Gasteiger partial charge < -0.3 is 14.2 Å². The molecule has 0 aromatic carbocycles. The molecule has 6 nitrogen and oxygen atoms in total. The number of allylic oxidation sites excluding steroid dienone is 10. The summed E-state index contributed by atoms with van der Waals surface area (Å²) in [6.07, 6.45) is 80.8. The number of hydrogen-bond acceptors (Lipinski definition) is 6. The quantitative estimate of drug-likeness (QED) is 0.0261. The van der Waals surface area contributed by atoms with Crippen LogP contribution in [0.1, 0.15) is 342 Å². The van der Waals surface area contributed by atoms with Gasteiger partial charge in [0.05, 0.1) is 0 Å². The molecule has 0 aromatic rings. The summed E-state index contributed by atoms with van der Waals surface area (Å²) in [7, 11) is 0.